The molecule has 0 amide bonds. The van der Waals surface area contributed by atoms with Gasteiger partial charge in [-0.3, -0.25) is 4.79 Å². The van der Waals surface area contributed by atoms with Crippen LogP contribution in [0.5, 0.6) is 0 Å². The van der Waals surface area contributed by atoms with Gasteiger partial charge in [-0.15, -0.1) is 6.58 Å². The molecule has 0 saturated carbocycles. The van der Waals surface area contributed by atoms with Gasteiger partial charge in [-0.25, -0.2) is 0 Å². The SMILES string of the molecule is C=CC(CCC(=O)O)OCOC. The summed E-state index contributed by atoms with van der Waals surface area (Å²) in [5.74, 6) is -0.831. The molecule has 70 valence electrons. The quantitative estimate of drug-likeness (QED) is 0.462. The van der Waals surface area contributed by atoms with Crippen LogP contribution in [0, 0.1) is 0 Å². The van der Waals surface area contributed by atoms with E-state index in [0.717, 1.165) is 0 Å². The number of ether oxygens (including phenoxy) is 2. The zero-order valence-corrected chi connectivity index (χ0v) is 7.16. The van der Waals surface area contributed by atoms with Gasteiger partial charge in [-0.2, -0.15) is 0 Å². The monoisotopic (exact) mass is 174 g/mol. The van der Waals surface area contributed by atoms with E-state index < -0.39 is 5.97 Å². The Bertz CT molecular complexity index is 144. The lowest BCUT2D eigenvalue weighted by Gasteiger charge is -2.11. The van der Waals surface area contributed by atoms with E-state index in [9.17, 15) is 4.79 Å². The van der Waals surface area contributed by atoms with Crippen molar-refractivity contribution in [2.24, 2.45) is 0 Å². The molecule has 0 aliphatic carbocycles. The first kappa shape index (κ1) is 11.1. The van der Waals surface area contributed by atoms with E-state index in [-0.39, 0.29) is 19.3 Å². The Labute approximate surface area is 71.8 Å². The summed E-state index contributed by atoms with van der Waals surface area (Å²) in [4.78, 5) is 10.2. The van der Waals surface area contributed by atoms with E-state index in [1.807, 2.05) is 0 Å². The molecule has 4 heteroatoms. The molecule has 0 heterocycles. The van der Waals surface area contributed by atoms with Gasteiger partial charge in [0, 0.05) is 13.5 Å². The molecule has 0 radical (unpaired) electrons. The molecule has 0 bridgehead atoms. The van der Waals surface area contributed by atoms with Crippen LogP contribution >= 0.6 is 0 Å². The summed E-state index contributed by atoms with van der Waals surface area (Å²) < 4.78 is 9.75. The molecule has 1 atom stereocenters. The van der Waals surface area contributed by atoms with Crippen molar-refractivity contribution in [1.82, 2.24) is 0 Å². The van der Waals surface area contributed by atoms with E-state index in [1.54, 1.807) is 6.08 Å². The molecule has 0 aliphatic heterocycles. The molecule has 1 unspecified atom stereocenters. The zero-order chi connectivity index (χ0) is 9.40. The highest BCUT2D eigenvalue weighted by Crippen LogP contribution is 2.03. The minimum absolute atomic E-state index is 0.0837. The average Bonchev–Trinajstić information content (AvgIpc) is 2.05. The maximum Gasteiger partial charge on any atom is 0.303 e. The van der Waals surface area contributed by atoms with Crippen LogP contribution < -0.4 is 0 Å². The summed E-state index contributed by atoms with van der Waals surface area (Å²) in [6.45, 7) is 3.68. The number of carboxylic acids is 1. The van der Waals surface area contributed by atoms with E-state index in [1.165, 1.54) is 7.11 Å². The van der Waals surface area contributed by atoms with Crippen LogP contribution in [0.25, 0.3) is 0 Å². The number of rotatable bonds is 7. The molecule has 0 aromatic carbocycles. The fraction of sp³-hybridized carbons (Fsp3) is 0.625. The smallest absolute Gasteiger partial charge is 0.303 e. The zero-order valence-electron chi connectivity index (χ0n) is 7.16. The molecular formula is C8H14O4. The van der Waals surface area contributed by atoms with Crippen molar-refractivity contribution in [3.8, 4) is 0 Å². The molecule has 4 nitrogen and oxygen atoms in total. The Morgan fingerprint density at radius 2 is 2.42 bits per heavy atom. The number of hydrogen-bond donors (Lipinski definition) is 1. The summed E-state index contributed by atoms with van der Waals surface area (Å²) >= 11 is 0. The molecule has 0 fully saturated rings. The number of carbonyl (C=O) groups is 1. The number of aliphatic carboxylic acids is 1. The van der Waals surface area contributed by atoms with Crippen molar-refractivity contribution in [3.63, 3.8) is 0 Å². The lowest BCUT2D eigenvalue weighted by molar-refractivity contribution is -0.138. The van der Waals surface area contributed by atoms with Gasteiger partial charge in [0.2, 0.25) is 0 Å². The molecule has 12 heavy (non-hydrogen) atoms. The number of methoxy groups -OCH3 is 1. The third kappa shape index (κ3) is 5.88. The van der Waals surface area contributed by atoms with Gasteiger partial charge >= 0.3 is 5.97 Å². The average molecular weight is 174 g/mol. The number of carboxylic acid groups (broad SMARTS) is 1. The topological polar surface area (TPSA) is 55.8 Å². The fourth-order valence-electron chi connectivity index (χ4n) is 0.690. The van der Waals surface area contributed by atoms with Crippen LogP contribution in [0.15, 0.2) is 12.7 Å². The second kappa shape index (κ2) is 6.82. The molecule has 0 spiro atoms. The van der Waals surface area contributed by atoms with Crippen LogP contribution in [-0.2, 0) is 14.3 Å². The van der Waals surface area contributed by atoms with Gasteiger partial charge in [-0.05, 0) is 6.42 Å². The standard InChI is InChI=1S/C8H14O4/c1-3-7(12-6-11-2)4-5-8(9)10/h3,7H,1,4-6H2,2H3,(H,9,10). The molecule has 0 saturated heterocycles. The van der Waals surface area contributed by atoms with Crippen LogP contribution in [0.2, 0.25) is 0 Å². The molecule has 0 rings (SSSR count). The lowest BCUT2D eigenvalue weighted by atomic mass is 10.2. The van der Waals surface area contributed by atoms with Gasteiger partial charge in [0.1, 0.15) is 6.79 Å². The van der Waals surface area contributed by atoms with E-state index in [2.05, 4.69) is 11.3 Å². The van der Waals surface area contributed by atoms with Crippen LogP contribution in [-0.4, -0.2) is 31.1 Å². The molecule has 0 aliphatic rings. The van der Waals surface area contributed by atoms with Gasteiger partial charge in [-0.1, -0.05) is 6.08 Å². The first-order valence-electron chi connectivity index (χ1n) is 3.65. The Hall–Kier alpha value is -0.870. The van der Waals surface area contributed by atoms with Crippen LogP contribution in [0.3, 0.4) is 0 Å². The Kier molecular flexibility index (Phi) is 6.32. The van der Waals surface area contributed by atoms with Crippen LogP contribution in [0.1, 0.15) is 12.8 Å². The summed E-state index contributed by atoms with van der Waals surface area (Å²) in [6, 6.07) is 0. The number of hydrogen-bond acceptors (Lipinski definition) is 3. The summed E-state index contributed by atoms with van der Waals surface area (Å²) in [7, 11) is 1.51. The fourth-order valence-corrected chi connectivity index (χ4v) is 0.690. The van der Waals surface area contributed by atoms with Gasteiger partial charge in [0.25, 0.3) is 0 Å². The highest BCUT2D eigenvalue weighted by molar-refractivity contribution is 5.66. The lowest BCUT2D eigenvalue weighted by Crippen LogP contribution is -2.13. The first-order chi connectivity index (χ1) is 5.70. The third-order valence-electron chi connectivity index (χ3n) is 1.31. The van der Waals surface area contributed by atoms with Crippen molar-refractivity contribution in [3.05, 3.63) is 12.7 Å². The Balaban J connectivity index is 3.52. The Morgan fingerprint density at radius 3 is 2.83 bits per heavy atom. The Morgan fingerprint density at radius 1 is 1.75 bits per heavy atom. The van der Waals surface area contributed by atoms with Gasteiger partial charge < -0.3 is 14.6 Å². The van der Waals surface area contributed by atoms with E-state index >= 15 is 0 Å². The second-order valence-corrected chi connectivity index (χ2v) is 2.28. The van der Waals surface area contributed by atoms with Crippen molar-refractivity contribution in [2.75, 3.05) is 13.9 Å². The molecule has 0 aromatic rings. The van der Waals surface area contributed by atoms with Crippen molar-refractivity contribution >= 4 is 5.97 Å². The van der Waals surface area contributed by atoms with Gasteiger partial charge in [0.05, 0.1) is 6.10 Å². The summed E-state index contributed by atoms with van der Waals surface area (Å²) in [5, 5.41) is 8.36. The predicted molar refractivity (Wildman–Crippen MR) is 43.8 cm³/mol. The second-order valence-electron chi connectivity index (χ2n) is 2.28. The molecule has 1 N–H and O–H groups in total. The maximum absolute atomic E-state index is 10.2. The normalized spacial score (nSPS) is 12.4. The van der Waals surface area contributed by atoms with Crippen molar-refractivity contribution in [2.45, 2.75) is 18.9 Å². The van der Waals surface area contributed by atoms with Crippen molar-refractivity contribution in [1.29, 1.82) is 0 Å². The first-order valence-corrected chi connectivity index (χ1v) is 3.65. The maximum atomic E-state index is 10.2. The summed E-state index contributed by atoms with van der Waals surface area (Å²) in [6.07, 6.45) is 1.85. The molecule has 0 aromatic heterocycles. The van der Waals surface area contributed by atoms with Gasteiger partial charge in [0.15, 0.2) is 0 Å². The van der Waals surface area contributed by atoms with Crippen molar-refractivity contribution < 1.29 is 19.4 Å². The highest BCUT2D eigenvalue weighted by Gasteiger charge is 2.06. The minimum Gasteiger partial charge on any atom is -0.481 e. The third-order valence-corrected chi connectivity index (χ3v) is 1.31. The van der Waals surface area contributed by atoms with Crippen LogP contribution in [0.4, 0.5) is 0 Å². The van der Waals surface area contributed by atoms with E-state index in [0.29, 0.717) is 6.42 Å². The predicted octanol–water partition coefficient (Wildman–Crippen LogP) is 1.03. The summed E-state index contributed by atoms with van der Waals surface area (Å²) in [5.41, 5.74) is 0. The highest BCUT2D eigenvalue weighted by atomic mass is 16.7. The minimum atomic E-state index is -0.831. The molecular weight excluding hydrogens is 160 g/mol. The van der Waals surface area contributed by atoms with E-state index in [4.69, 9.17) is 9.84 Å². The largest absolute Gasteiger partial charge is 0.481 e.